The first-order chi connectivity index (χ1) is 13.9. The van der Waals surface area contributed by atoms with Gasteiger partial charge >= 0.3 is 0 Å². The molecule has 0 bridgehead atoms. The molecule has 3 rings (SSSR count). The summed E-state index contributed by atoms with van der Waals surface area (Å²) in [7, 11) is 1.52. The molecule has 6 nitrogen and oxygen atoms in total. The minimum absolute atomic E-state index is 0.0647. The largest absolute Gasteiger partial charge is 0.387 e. The summed E-state index contributed by atoms with van der Waals surface area (Å²) in [5.41, 5.74) is 2.62. The second-order valence-electron chi connectivity index (χ2n) is 8.62. The molecule has 1 saturated heterocycles. The highest BCUT2D eigenvalue weighted by atomic mass is 16.5. The first kappa shape index (κ1) is 21.9. The average molecular weight is 403 g/mol. The number of aliphatic hydroxyl groups is 1. The van der Waals surface area contributed by atoms with Crippen molar-refractivity contribution >= 4 is 11.7 Å². The highest BCUT2D eigenvalue weighted by molar-refractivity contribution is 5.78. The number of unbranched alkanes of at least 4 members (excludes halogenated alkanes) is 1. The molecule has 2 atom stereocenters. The molecule has 1 aliphatic carbocycles. The van der Waals surface area contributed by atoms with Crippen LogP contribution in [0.1, 0.15) is 68.8 Å². The van der Waals surface area contributed by atoms with Crippen molar-refractivity contribution in [1.29, 1.82) is 0 Å². The Morgan fingerprint density at radius 3 is 2.83 bits per heavy atom. The van der Waals surface area contributed by atoms with Crippen LogP contribution < -0.4 is 0 Å². The third-order valence-electron chi connectivity index (χ3n) is 6.30. The van der Waals surface area contributed by atoms with Crippen LogP contribution >= 0.6 is 0 Å². The summed E-state index contributed by atoms with van der Waals surface area (Å²) < 4.78 is 5.41. The molecule has 0 saturated carbocycles. The number of pyridine rings is 1. The second-order valence-corrected chi connectivity index (χ2v) is 8.62. The zero-order valence-electron chi connectivity index (χ0n) is 17.8. The molecule has 160 valence electrons. The van der Waals surface area contributed by atoms with Gasteiger partial charge in [0.05, 0.1) is 0 Å². The molecular weight excluding hydrogens is 368 g/mol. The number of nitrogens with zero attached hydrogens (tertiary/aromatic N) is 2. The molecule has 1 aromatic heterocycles. The number of ether oxygens (including phenoxy) is 1. The third-order valence-corrected chi connectivity index (χ3v) is 6.30. The molecule has 1 aromatic rings. The number of hydrogen-bond acceptors (Lipinski definition) is 5. The lowest BCUT2D eigenvalue weighted by atomic mass is 9.84. The summed E-state index contributed by atoms with van der Waals surface area (Å²) in [5.74, 6) is 0.0282. The molecule has 0 aromatic carbocycles. The van der Waals surface area contributed by atoms with Crippen LogP contribution in [0.4, 0.5) is 0 Å². The fraction of sp³-hybridized carbons (Fsp3) is 0.696. The number of ketones is 1. The van der Waals surface area contributed by atoms with Gasteiger partial charge in [-0.25, -0.2) is 0 Å². The van der Waals surface area contributed by atoms with Gasteiger partial charge in [-0.3, -0.25) is 14.6 Å². The van der Waals surface area contributed by atoms with E-state index in [4.69, 9.17) is 9.72 Å². The van der Waals surface area contributed by atoms with Gasteiger partial charge in [0.2, 0.25) is 5.91 Å². The summed E-state index contributed by atoms with van der Waals surface area (Å²) in [6.07, 6.45) is 7.81. The quantitative estimate of drug-likeness (QED) is 0.676. The number of fused-ring (bicyclic) bond motifs is 1. The zero-order chi connectivity index (χ0) is 20.9. The molecule has 1 unspecified atom stereocenters. The highest BCUT2D eigenvalue weighted by Gasteiger charge is 2.43. The number of rotatable bonds is 8. The first-order valence-corrected chi connectivity index (χ1v) is 10.9. The SMILES string of the molecule is COC1CN(C(=O)CCCCc2ccc3c(n2)CCCC3)CC[C@@]1(O)CC(C)=O. The number of hydrogen-bond donors (Lipinski definition) is 1. The van der Waals surface area contributed by atoms with E-state index < -0.39 is 11.7 Å². The zero-order valence-corrected chi connectivity index (χ0v) is 17.8. The Bertz CT molecular complexity index is 736. The van der Waals surface area contributed by atoms with Crippen molar-refractivity contribution in [3.63, 3.8) is 0 Å². The van der Waals surface area contributed by atoms with Gasteiger partial charge < -0.3 is 14.7 Å². The minimum atomic E-state index is -1.17. The van der Waals surface area contributed by atoms with E-state index in [0.717, 1.165) is 37.8 Å². The van der Waals surface area contributed by atoms with Crippen LogP contribution in [-0.2, 0) is 33.6 Å². The van der Waals surface area contributed by atoms with Gasteiger partial charge in [-0.15, -0.1) is 0 Å². The van der Waals surface area contributed by atoms with Crippen molar-refractivity contribution in [3.8, 4) is 0 Å². The predicted octanol–water partition coefficient (Wildman–Crippen LogP) is 2.63. The smallest absolute Gasteiger partial charge is 0.222 e. The highest BCUT2D eigenvalue weighted by Crippen LogP contribution is 2.29. The Kier molecular flexibility index (Phi) is 7.41. The van der Waals surface area contributed by atoms with Crippen molar-refractivity contribution < 1.29 is 19.4 Å². The number of methoxy groups -OCH3 is 1. The third kappa shape index (κ3) is 5.64. The van der Waals surface area contributed by atoms with Crippen LogP contribution in [0.3, 0.4) is 0 Å². The summed E-state index contributed by atoms with van der Waals surface area (Å²) in [6.45, 7) is 2.28. The molecule has 0 radical (unpaired) electrons. The van der Waals surface area contributed by atoms with Gasteiger partial charge in [-0.05, 0) is 69.9 Å². The molecule has 1 fully saturated rings. The maximum atomic E-state index is 12.6. The van der Waals surface area contributed by atoms with E-state index in [1.807, 2.05) is 0 Å². The molecule has 1 amide bonds. The number of piperidine rings is 1. The van der Waals surface area contributed by atoms with E-state index >= 15 is 0 Å². The van der Waals surface area contributed by atoms with Crippen molar-refractivity contribution in [2.45, 2.75) is 82.8 Å². The Balaban J connectivity index is 1.43. The molecule has 2 aliphatic rings. The molecule has 0 spiro atoms. The van der Waals surface area contributed by atoms with E-state index in [-0.39, 0.29) is 18.1 Å². The molecule has 1 N–H and O–H groups in total. The van der Waals surface area contributed by atoms with Crippen molar-refractivity contribution in [2.75, 3.05) is 20.2 Å². The normalized spacial score (nSPS) is 24.2. The van der Waals surface area contributed by atoms with E-state index in [9.17, 15) is 14.7 Å². The molecule has 2 heterocycles. The standard InChI is InChI=1S/C23H34N2O4/c1-17(26)15-23(28)13-14-25(16-21(23)29-2)22(27)10-6-4-8-19-12-11-18-7-3-5-9-20(18)24-19/h11-12,21,28H,3-10,13-16H2,1-2H3/t21?,23-/m1/s1. The van der Waals surface area contributed by atoms with Crippen molar-refractivity contribution in [3.05, 3.63) is 29.1 Å². The van der Waals surface area contributed by atoms with Crippen LogP contribution in [0.25, 0.3) is 0 Å². The number of aryl methyl sites for hydroxylation is 3. The van der Waals surface area contributed by atoms with Crippen molar-refractivity contribution in [1.82, 2.24) is 9.88 Å². The number of aromatic nitrogens is 1. The predicted molar refractivity (Wildman–Crippen MR) is 111 cm³/mol. The van der Waals surface area contributed by atoms with E-state index in [0.29, 0.717) is 25.9 Å². The fourth-order valence-electron chi connectivity index (χ4n) is 4.61. The summed E-state index contributed by atoms with van der Waals surface area (Å²) >= 11 is 0. The summed E-state index contributed by atoms with van der Waals surface area (Å²) in [5, 5.41) is 10.7. The van der Waals surface area contributed by atoms with Gasteiger partial charge in [0.15, 0.2) is 0 Å². The summed E-state index contributed by atoms with van der Waals surface area (Å²) in [4.78, 5) is 30.6. The summed E-state index contributed by atoms with van der Waals surface area (Å²) in [6, 6.07) is 4.36. The number of likely N-dealkylation sites (tertiary alicyclic amines) is 1. The van der Waals surface area contributed by atoms with Crippen LogP contribution in [0.2, 0.25) is 0 Å². The van der Waals surface area contributed by atoms with Gasteiger partial charge in [-0.2, -0.15) is 0 Å². The molecule has 1 aliphatic heterocycles. The van der Waals surface area contributed by atoms with Crippen LogP contribution in [0.15, 0.2) is 12.1 Å². The topological polar surface area (TPSA) is 79.7 Å². The molecule has 29 heavy (non-hydrogen) atoms. The van der Waals surface area contributed by atoms with Gasteiger partial charge in [0, 0.05) is 44.4 Å². The van der Waals surface area contributed by atoms with E-state index in [1.165, 1.54) is 38.1 Å². The van der Waals surface area contributed by atoms with Crippen molar-refractivity contribution in [2.24, 2.45) is 0 Å². The minimum Gasteiger partial charge on any atom is -0.387 e. The maximum Gasteiger partial charge on any atom is 0.222 e. The van der Waals surface area contributed by atoms with E-state index in [1.54, 1.807) is 4.90 Å². The Labute approximate surface area is 173 Å². The number of amides is 1. The molecular formula is C23H34N2O4. The number of carbonyl (C=O) groups is 2. The monoisotopic (exact) mass is 402 g/mol. The molecule has 6 heteroatoms. The van der Waals surface area contributed by atoms with Gasteiger partial charge in [-0.1, -0.05) is 6.07 Å². The lowest BCUT2D eigenvalue weighted by Crippen LogP contribution is -2.58. The van der Waals surface area contributed by atoms with Crippen LogP contribution in [0.5, 0.6) is 0 Å². The van der Waals surface area contributed by atoms with Crippen LogP contribution in [-0.4, -0.2) is 58.6 Å². The van der Waals surface area contributed by atoms with Gasteiger partial charge in [0.25, 0.3) is 0 Å². The second kappa shape index (κ2) is 9.81. The van der Waals surface area contributed by atoms with Crippen LogP contribution in [0, 0.1) is 0 Å². The Hall–Kier alpha value is -1.79. The van der Waals surface area contributed by atoms with E-state index in [2.05, 4.69) is 12.1 Å². The average Bonchev–Trinajstić information content (AvgIpc) is 2.70. The first-order valence-electron chi connectivity index (χ1n) is 10.9. The number of carbonyl (C=O) groups excluding carboxylic acids is 2. The fourth-order valence-corrected chi connectivity index (χ4v) is 4.61. The maximum absolute atomic E-state index is 12.6. The Morgan fingerprint density at radius 1 is 1.28 bits per heavy atom. The Morgan fingerprint density at radius 2 is 2.07 bits per heavy atom. The van der Waals surface area contributed by atoms with Gasteiger partial charge in [0.1, 0.15) is 17.5 Å². The number of Topliss-reactive ketones (excluding diaryl/α,β-unsaturated/α-hetero) is 1. The lowest BCUT2D eigenvalue weighted by Gasteiger charge is -2.43. The lowest BCUT2D eigenvalue weighted by molar-refractivity contribution is -0.159.